The molecule has 0 bridgehead atoms. The topological polar surface area (TPSA) is 108 Å². The van der Waals surface area contributed by atoms with E-state index < -0.39 is 18.1 Å². The van der Waals surface area contributed by atoms with E-state index in [0.29, 0.717) is 17.0 Å². The van der Waals surface area contributed by atoms with E-state index in [1.807, 2.05) is 19.1 Å². The summed E-state index contributed by atoms with van der Waals surface area (Å²) in [5.74, 6) is -3.30. The van der Waals surface area contributed by atoms with E-state index in [1.54, 1.807) is 0 Å². The number of benzene rings is 2. The third kappa shape index (κ3) is 4.37. The zero-order valence-corrected chi connectivity index (χ0v) is 18.3. The molecule has 0 radical (unpaired) electrons. The van der Waals surface area contributed by atoms with Gasteiger partial charge >= 0.3 is 12.1 Å². The molecule has 34 heavy (non-hydrogen) atoms. The van der Waals surface area contributed by atoms with Gasteiger partial charge < -0.3 is 21.1 Å². The number of carbonyl (C=O) groups is 2. The molecule has 1 aliphatic heterocycles. The highest BCUT2D eigenvalue weighted by Gasteiger charge is 2.38. The molecule has 6 nitrogen and oxygen atoms in total. The number of H-pyrrole nitrogens is 1. The first-order valence-electron chi connectivity index (χ1n) is 10.8. The third-order valence-electron chi connectivity index (χ3n) is 6.17. The summed E-state index contributed by atoms with van der Waals surface area (Å²) < 4.78 is 47.2. The maximum absolute atomic E-state index is 15.4. The molecule has 1 amide bonds. The Morgan fingerprint density at radius 3 is 2.47 bits per heavy atom. The molecule has 2 heterocycles. The van der Waals surface area contributed by atoms with Crippen molar-refractivity contribution in [3.05, 3.63) is 58.0 Å². The zero-order chi connectivity index (χ0) is 24.8. The lowest BCUT2D eigenvalue weighted by Gasteiger charge is -2.22. The largest absolute Gasteiger partial charge is 0.490 e. The highest BCUT2D eigenvalue weighted by Crippen LogP contribution is 2.49. The van der Waals surface area contributed by atoms with Crippen molar-refractivity contribution in [2.45, 2.75) is 44.8 Å². The quantitative estimate of drug-likeness (QED) is 0.416. The predicted octanol–water partition coefficient (Wildman–Crippen LogP) is 4.54. The fourth-order valence-corrected chi connectivity index (χ4v) is 4.60. The van der Waals surface area contributed by atoms with Crippen LogP contribution in [0.5, 0.6) is 0 Å². The smallest absolute Gasteiger partial charge is 0.475 e. The van der Waals surface area contributed by atoms with Crippen molar-refractivity contribution >= 4 is 22.8 Å². The van der Waals surface area contributed by atoms with Gasteiger partial charge in [-0.15, -0.1) is 0 Å². The highest BCUT2D eigenvalue weighted by molar-refractivity contribution is 6.11. The zero-order valence-electron chi connectivity index (χ0n) is 18.3. The number of carbonyl (C=O) groups excluding carboxylic acids is 1. The summed E-state index contributed by atoms with van der Waals surface area (Å²) in [6.45, 7) is 3.69. The van der Waals surface area contributed by atoms with Gasteiger partial charge in [0.05, 0.1) is 11.1 Å². The molecular weight excluding hydrogens is 454 g/mol. The van der Waals surface area contributed by atoms with Crippen molar-refractivity contribution in [1.82, 2.24) is 10.3 Å². The number of alkyl halides is 3. The molecule has 1 aromatic heterocycles. The predicted molar refractivity (Wildman–Crippen MR) is 118 cm³/mol. The summed E-state index contributed by atoms with van der Waals surface area (Å²) in [7, 11) is 0. The van der Waals surface area contributed by atoms with E-state index >= 15 is 4.39 Å². The molecule has 0 atom stereocenters. The second kappa shape index (κ2) is 8.75. The van der Waals surface area contributed by atoms with E-state index in [2.05, 4.69) is 16.4 Å². The van der Waals surface area contributed by atoms with Crippen LogP contribution in [0.4, 0.5) is 17.6 Å². The minimum absolute atomic E-state index is 0.229. The Balaban J connectivity index is 0.000000344. The number of nitrogens with one attached hydrogen (secondary N) is 2. The molecule has 2 aromatic carbocycles. The molecule has 1 aliphatic carbocycles. The van der Waals surface area contributed by atoms with Crippen LogP contribution in [-0.4, -0.2) is 34.7 Å². The normalized spacial score (nSPS) is 15.4. The molecule has 5 N–H and O–H groups in total. The van der Waals surface area contributed by atoms with Crippen LogP contribution in [0.25, 0.3) is 22.0 Å². The number of halogens is 4. The van der Waals surface area contributed by atoms with E-state index in [1.165, 1.54) is 17.2 Å². The van der Waals surface area contributed by atoms with Crippen LogP contribution in [0, 0.1) is 12.7 Å². The lowest BCUT2D eigenvalue weighted by molar-refractivity contribution is -0.192. The number of hydrogen-bond acceptors (Lipinski definition) is 3. The van der Waals surface area contributed by atoms with Gasteiger partial charge in [0.1, 0.15) is 5.82 Å². The molecule has 1 fully saturated rings. The van der Waals surface area contributed by atoms with Gasteiger partial charge in [-0.1, -0.05) is 18.2 Å². The number of aromatic amines is 1. The Hall–Kier alpha value is -3.40. The van der Waals surface area contributed by atoms with Crippen molar-refractivity contribution in [1.29, 1.82) is 0 Å². The number of fused-ring (bicyclic) bond motifs is 2. The van der Waals surface area contributed by atoms with Gasteiger partial charge in [0.25, 0.3) is 5.91 Å². The molecule has 2 aliphatic rings. The number of nitrogens with two attached hydrogens (primary N) is 1. The molecule has 180 valence electrons. The maximum Gasteiger partial charge on any atom is 0.490 e. The van der Waals surface area contributed by atoms with Crippen molar-refractivity contribution < 1.29 is 32.3 Å². The second-order valence-corrected chi connectivity index (χ2v) is 8.51. The van der Waals surface area contributed by atoms with Crippen LogP contribution < -0.4 is 11.1 Å². The van der Waals surface area contributed by atoms with Crippen molar-refractivity contribution in [2.75, 3.05) is 6.54 Å². The molecular formula is C24H23F4N3O3. The van der Waals surface area contributed by atoms with Crippen LogP contribution in [0.2, 0.25) is 0 Å². The number of rotatable bonds is 3. The number of carboxylic acid groups (broad SMARTS) is 1. The number of amides is 1. The second-order valence-electron chi connectivity index (χ2n) is 8.51. The van der Waals surface area contributed by atoms with Gasteiger partial charge in [0.2, 0.25) is 0 Å². The molecule has 0 saturated heterocycles. The summed E-state index contributed by atoms with van der Waals surface area (Å²) in [6.07, 6.45) is -2.01. The average Bonchev–Trinajstić information content (AvgIpc) is 3.54. The molecule has 1 saturated carbocycles. The Labute approximate surface area is 192 Å². The van der Waals surface area contributed by atoms with Gasteiger partial charge in [-0.3, -0.25) is 4.79 Å². The van der Waals surface area contributed by atoms with Gasteiger partial charge in [0, 0.05) is 23.2 Å². The lowest BCUT2D eigenvalue weighted by atomic mass is 9.87. The van der Waals surface area contributed by atoms with Gasteiger partial charge in [-0.05, 0) is 67.0 Å². The van der Waals surface area contributed by atoms with Crippen LogP contribution >= 0.6 is 0 Å². The molecule has 3 aromatic rings. The van der Waals surface area contributed by atoms with Gasteiger partial charge in [0.15, 0.2) is 0 Å². The third-order valence-corrected chi connectivity index (χ3v) is 6.17. The standard InChI is InChI=1S/C22H22FN3O.C2HF3O2/c1-11-18(12-5-6-12)20-19(17(23)9-16(22(24)27)21(20)26-11)15-4-2-3-13-10-25-8-7-14(13)15;3-2(4,5)1(6)7/h2-4,9,12,25-26H,5-8,10H2,1H3,(H2,24,27);(H,6,7). The number of aryl methyl sites for hydroxylation is 1. The van der Waals surface area contributed by atoms with E-state index in [0.717, 1.165) is 54.6 Å². The van der Waals surface area contributed by atoms with Crippen LogP contribution in [-0.2, 0) is 17.8 Å². The Bertz CT molecular complexity index is 1290. The summed E-state index contributed by atoms with van der Waals surface area (Å²) in [5, 5.41) is 11.3. The Morgan fingerprint density at radius 2 is 1.88 bits per heavy atom. The highest BCUT2D eigenvalue weighted by atomic mass is 19.4. The first-order chi connectivity index (χ1) is 16.0. The van der Waals surface area contributed by atoms with Gasteiger partial charge in [-0.2, -0.15) is 13.2 Å². The van der Waals surface area contributed by atoms with Crippen molar-refractivity contribution in [2.24, 2.45) is 5.73 Å². The van der Waals surface area contributed by atoms with Crippen LogP contribution in [0.15, 0.2) is 24.3 Å². The molecule has 5 rings (SSSR count). The first kappa shape index (κ1) is 23.7. The number of primary amides is 1. The molecule has 0 spiro atoms. The van der Waals surface area contributed by atoms with E-state index in [-0.39, 0.29) is 11.4 Å². The van der Waals surface area contributed by atoms with Crippen LogP contribution in [0.1, 0.15) is 51.5 Å². The Kier molecular flexibility index (Phi) is 6.11. The number of aliphatic carboxylic acids is 1. The van der Waals surface area contributed by atoms with Crippen LogP contribution in [0.3, 0.4) is 0 Å². The maximum atomic E-state index is 15.4. The number of aromatic nitrogens is 1. The summed E-state index contributed by atoms with van der Waals surface area (Å²) in [6, 6.07) is 7.39. The Morgan fingerprint density at radius 1 is 1.21 bits per heavy atom. The monoisotopic (exact) mass is 477 g/mol. The first-order valence-corrected chi connectivity index (χ1v) is 10.8. The molecule has 0 unspecified atom stereocenters. The lowest BCUT2D eigenvalue weighted by Crippen LogP contribution is -2.24. The van der Waals surface area contributed by atoms with E-state index in [9.17, 15) is 18.0 Å². The number of hydrogen-bond donors (Lipinski definition) is 4. The minimum Gasteiger partial charge on any atom is -0.475 e. The minimum atomic E-state index is -5.08. The van der Waals surface area contributed by atoms with Gasteiger partial charge in [-0.25, -0.2) is 9.18 Å². The fraction of sp³-hybridized carbons (Fsp3) is 0.333. The summed E-state index contributed by atoms with van der Waals surface area (Å²) in [4.78, 5) is 24.2. The van der Waals surface area contributed by atoms with Crippen molar-refractivity contribution in [3.8, 4) is 11.1 Å². The fourth-order valence-electron chi connectivity index (χ4n) is 4.60. The summed E-state index contributed by atoms with van der Waals surface area (Å²) in [5.41, 5.74) is 12.6. The summed E-state index contributed by atoms with van der Waals surface area (Å²) >= 11 is 0. The SMILES string of the molecule is Cc1[nH]c2c(C(N)=O)cc(F)c(-c3cccc4c3CCNC4)c2c1C1CC1.O=C(O)C(F)(F)F. The number of carboxylic acids is 1. The van der Waals surface area contributed by atoms with Crippen molar-refractivity contribution in [3.63, 3.8) is 0 Å². The average molecular weight is 477 g/mol. The van der Waals surface area contributed by atoms with E-state index in [4.69, 9.17) is 15.6 Å². The molecule has 10 heteroatoms.